The lowest BCUT2D eigenvalue weighted by Crippen LogP contribution is -2.32. The zero-order valence-electron chi connectivity index (χ0n) is 7.43. The lowest BCUT2D eigenvalue weighted by Gasteiger charge is -2.11. The summed E-state index contributed by atoms with van der Waals surface area (Å²) in [6.07, 6.45) is 10.4. The lowest BCUT2D eigenvalue weighted by molar-refractivity contribution is 0.423. The monoisotopic (exact) mass is 198 g/mol. The van der Waals surface area contributed by atoms with E-state index in [1.807, 2.05) is 0 Å². The van der Waals surface area contributed by atoms with E-state index >= 15 is 0 Å². The van der Waals surface area contributed by atoms with E-state index in [1.165, 1.54) is 14.1 Å². The Balaban J connectivity index is 3.22. The van der Waals surface area contributed by atoms with Gasteiger partial charge in [0.2, 0.25) is 0 Å². The summed E-state index contributed by atoms with van der Waals surface area (Å²) in [6, 6.07) is -1.14. The van der Waals surface area contributed by atoms with Crippen molar-refractivity contribution >= 4 is 10.2 Å². The molecule has 2 atom stereocenters. The molecule has 1 aliphatic rings. The van der Waals surface area contributed by atoms with Crippen molar-refractivity contribution in [2.45, 2.75) is 12.1 Å². The van der Waals surface area contributed by atoms with Gasteiger partial charge in [0.15, 0.2) is 0 Å². The van der Waals surface area contributed by atoms with Crippen LogP contribution >= 0.6 is 0 Å². The standard InChI is InChI=1S/C8H10N2O2S/c1-5-7-8(6-2)10(4)13(11,12)9(7)3/h1-2,7-8H,3-4H3. The van der Waals surface area contributed by atoms with Crippen LogP contribution in [0, 0.1) is 24.7 Å². The van der Waals surface area contributed by atoms with Crippen molar-refractivity contribution < 1.29 is 8.42 Å². The maximum atomic E-state index is 11.5. The SMILES string of the molecule is C#CC1C(C#C)N(C)S(=O)(=O)N1C. The number of likely N-dealkylation sites (N-methyl/N-ethyl adjacent to an activating group) is 2. The molecule has 0 aliphatic carbocycles. The first kappa shape index (κ1) is 10.1. The molecule has 13 heavy (non-hydrogen) atoms. The van der Waals surface area contributed by atoms with Crippen LogP contribution in [0.5, 0.6) is 0 Å². The van der Waals surface area contributed by atoms with Gasteiger partial charge in [-0.25, -0.2) is 0 Å². The molecule has 1 rings (SSSR count). The molecule has 0 aromatic heterocycles. The summed E-state index contributed by atoms with van der Waals surface area (Å²) in [5.41, 5.74) is 0. The molecule has 0 aromatic carbocycles. The second-order valence-electron chi connectivity index (χ2n) is 2.76. The zero-order valence-corrected chi connectivity index (χ0v) is 8.25. The molecule has 0 aromatic rings. The summed E-state index contributed by atoms with van der Waals surface area (Å²) in [6.45, 7) is 0. The van der Waals surface area contributed by atoms with Crippen molar-refractivity contribution in [2.75, 3.05) is 14.1 Å². The molecule has 4 nitrogen and oxygen atoms in total. The first-order valence-corrected chi connectivity index (χ1v) is 4.99. The Labute approximate surface area is 78.7 Å². The molecule has 0 bridgehead atoms. The molecule has 1 fully saturated rings. The highest BCUT2D eigenvalue weighted by Crippen LogP contribution is 2.23. The van der Waals surface area contributed by atoms with E-state index in [0.29, 0.717) is 0 Å². The van der Waals surface area contributed by atoms with Crippen LogP contribution in [0.1, 0.15) is 0 Å². The topological polar surface area (TPSA) is 40.6 Å². The molecule has 0 amide bonds. The van der Waals surface area contributed by atoms with Gasteiger partial charge in [-0.05, 0) is 0 Å². The molecule has 2 unspecified atom stereocenters. The minimum absolute atomic E-state index is 0.569. The van der Waals surface area contributed by atoms with E-state index in [4.69, 9.17) is 12.8 Å². The van der Waals surface area contributed by atoms with Crippen molar-refractivity contribution in [3.8, 4) is 24.7 Å². The van der Waals surface area contributed by atoms with E-state index in [2.05, 4.69) is 11.8 Å². The van der Waals surface area contributed by atoms with Gasteiger partial charge in [0.25, 0.3) is 10.2 Å². The summed E-state index contributed by atoms with van der Waals surface area (Å²) in [5.74, 6) is 4.73. The summed E-state index contributed by atoms with van der Waals surface area (Å²) >= 11 is 0. The predicted octanol–water partition coefficient (Wildman–Crippen LogP) is -0.888. The van der Waals surface area contributed by atoms with Gasteiger partial charge in [0.1, 0.15) is 12.1 Å². The minimum atomic E-state index is -3.44. The van der Waals surface area contributed by atoms with Gasteiger partial charge in [0, 0.05) is 14.1 Å². The number of hydrogen-bond acceptors (Lipinski definition) is 2. The predicted molar refractivity (Wildman–Crippen MR) is 49.7 cm³/mol. The van der Waals surface area contributed by atoms with E-state index in [-0.39, 0.29) is 0 Å². The Hall–Kier alpha value is -1.01. The van der Waals surface area contributed by atoms with Gasteiger partial charge < -0.3 is 0 Å². The molecular formula is C8H10N2O2S. The van der Waals surface area contributed by atoms with Gasteiger partial charge in [-0.1, -0.05) is 11.8 Å². The summed E-state index contributed by atoms with van der Waals surface area (Å²) < 4.78 is 25.2. The Morgan fingerprint density at radius 2 is 1.38 bits per heavy atom. The third kappa shape index (κ3) is 1.22. The van der Waals surface area contributed by atoms with Gasteiger partial charge >= 0.3 is 0 Å². The van der Waals surface area contributed by atoms with E-state index < -0.39 is 22.3 Å². The highest BCUT2D eigenvalue weighted by molar-refractivity contribution is 7.87. The van der Waals surface area contributed by atoms with Crippen molar-refractivity contribution in [3.05, 3.63) is 0 Å². The van der Waals surface area contributed by atoms with Crippen molar-refractivity contribution in [1.29, 1.82) is 0 Å². The van der Waals surface area contributed by atoms with Crippen molar-refractivity contribution in [2.24, 2.45) is 0 Å². The van der Waals surface area contributed by atoms with E-state index in [1.54, 1.807) is 0 Å². The number of terminal acetylenes is 2. The first-order valence-electron chi connectivity index (χ1n) is 3.60. The Bertz CT molecular complexity index is 355. The minimum Gasteiger partial charge on any atom is -0.195 e. The van der Waals surface area contributed by atoms with Crippen LogP contribution in [-0.2, 0) is 10.2 Å². The zero-order chi connectivity index (χ0) is 10.2. The maximum Gasteiger partial charge on any atom is 0.283 e. The molecule has 0 spiro atoms. The fourth-order valence-corrected chi connectivity index (χ4v) is 2.61. The van der Waals surface area contributed by atoms with E-state index in [9.17, 15) is 8.42 Å². The van der Waals surface area contributed by atoms with Gasteiger partial charge in [-0.3, -0.25) is 0 Å². The lowest BCUT2D eigenvalue weighted by atomic mass is 10.1. The third-order valence-electron chi connectivity index (χ3n) is 2.15. The molecule has 0 radical (unpaired) electrons. The molecule has 0 saturated carbocycles. The fourth-order valence-electron chi connectivity index (χ4n) is 1.28. The second-order valence-corrected chi connectivity index (χ2v) is 4.81. The average Bonchev–Trinajstić information content (AvgIpc) is 2.26. The molecule has 70 valence electrons. The highest BCUT2D eigenvalue weighted by Gasteiger charge is 2.45. The molecule has 0 N–H and O–H groups in total. The normalized spacial score (nSPS) is 33.8. The smallest absolute Gasteiger partial charge is 0.195 e. The third-order valence-corrected chi connectivity index (χ3v) is 4.06. The summed E-state index contributed by atoms with van der Waals surface area (Å²) in [7, 11) is -0.596. The Morgan fingerprint density at radius 3 is 1.62 bits per heavy atom. The van der Waals surface area contributed by atoms with Gasteiger partial charge in [-0.2, -0.15) is 17.0 Å². The Morgan fingerprint density at radius 1 is 1.08 bits per heavy atom. The van der Waals surface area contributed by atoms with Crippen molar-refractivity contribution in [3.63, 3.8) is 0 Å². The van der Waals surface area contributed by atoms with Crippen LogP contribution in [0.2, 0.25) is 0 Å². The van der Waals surface area contributed by atoms with Gasteiger partial charge in [0.05, 0.1) is 0 Å². The molecule has 1 heterocycles. The summed E-state index contributed by atoms with van der Waals surface area (Å²) in [4.78, 5) is 0. The molecule has 5 heteroatoms. The second kappa shape index (κ2) is 3.04. The quantitative estimate of drug-likeness (QED) is 0.474. The summed E-state index contributed by atoms with van der Waals surface area (Å²) in [5, 5.41) is 0. The van der Waals surface area contributed by atoms with Crippen molar-refractivity contribution in [1.82, 2.24) is 8.61 Å². The average molecular weight is 198 g/mol. The Kier molecular flexibility index (Phi) is 2.36. The van der Waals surface area contributed by atoms with Crippen LogP contribution in [0.3, 0.4) is 0 Å². The fraction of sp³-hybridized carbons (Fsp3) is 0.500. The maximum absolute atomic E-state index is 11.5. The van der Waals surface area contributed by atoms with Crippen LogP contribution in [-0.4, -0.2) is 43.2 Å². The van der Waals surface area contributed by atoms with Crippen LogP contribution < -0.4 is 0 Å². The van der Waals surface area contributed by atoms with Crippen LogP contribution in [0.25, 0.3) is 0 Å². The molecule has 1 saturated heterocycles. The van der Waals surface area contributed by atoms with Gasteiger partial charge in [-0.15, -0.1) is 12.8 Å². The van der Waals surface area contributed by atoms with E-state index in [0.717, 1.165) is 8.61 Å². The van der Waals surface area contributed by atoms with Crippen LogP contribution in [0.4, 0.5) is 0 Å². The largest absolute Gasteiger partial charge is 0.283 e. The molecule has 1 aliphatic heterocycles. The first-order chi connectivity index (χ1) is 5.96. The number of rotatable bonds is 0. The van der Waals surface area contributed by atoms with Crippen LogP contribution in [0.15, 0.2) is 0 Å². The highest BCUT2D eigenvalue weighted by atomic mass is 32.2. The molecular weight excluding hydrogens is 188 g/mol. The number of hydrogen-bond donors (Lipinski definition) is 0. The number of nitrogens with zero attached hydrogens (tertiary/aromatic N) is 2.